The third-order valence-electron chi connectivity index (χ3n) is 2.22. The second kappa shape index (κ2) is 4.43. The maximum absolute atomic E-state index is 5.36. The highest BCUT2D eigenvalue weighted by Crippen LogP contribution is 2.11. The highest BCUT2D eigenvalue weighted by Gasteiger charge is 2.17. The molecule has 1 saturated heterocycles. The zero-order chi connectivity index (χ0) is 9.80. The van der Waals surface area contributed by atoms with Crippen molar-refractivity contribution in [2.45, 2.75) is 19.4 Å². The molecule has 0 aliphatic carbocycles. The summed E-state index contributed by atoms with van der Waals surface area (Å²) in [5.74, 6) is 0.787. The Bertz CT molecular complexity index is 299. The number of hydrogen-bond acceptors (Lipinski definition) is 5. The van der Waals surface area contributed by atoms with E-state index in [0.29, 0.717) is 6.61 Å². The van der Waals surface area contributed by atoms with E-state index in [1.54, 1.807) is 6.20 Å². The maximum Gasteiger partial charge on any atom is 0.150 e. The van der Waals surface area contributed by atoms with Crippen LogP contribution in [0.15, 0.2) is 6.20 Å². The van der Waals surface area contributed by atoms with Gasteiger partial charge in [0.25, 0.3) is 0 Å². The monoisotopic (exact) mass is 194 g/mol. The van der Waals surface area contributed by atoms with Crippen molar-refractivity contribution in [1.29, 1.82) is 0 Å². The Labute approximate surface area is 82.9 Å². The second-order valence-corrected chi connectivity index (χ2v) is 3.23. The highest BCUT2D eigenvalue weighted by atomic mass is 16.5. The van der Waals surface area contributed by atoms with Crippen molar-refractivity contribution in [2.75, 3.05) is 19.8 Å². The van der Waals surface area contributed by atoms with E-state index >= 15 is 0 Å². The molecule has 5 heteroatoms. The van der Waals surface area contributed by atoms with E-state index in [0.717, 1.165) is 31.1 Å². The van der Waals surface area contributed by atoms with Gasteiger partial charge in [0.2, 0.25) is 0 Å². The second-order valence-electron chi connectivity index (χ2n) is 3.23. The molecule has 2 heterocycles. The zero-order valence-electron chi connectivity index (χ0n) is 8.23. The highest BCUT2D eigenvalue weighted by molar-refractivity contribution is 5.04. The van der Waals surface area contributed by atoms with Crippen molar-refractivity contribution in [3.8, 4) is 0 Å². The molecule has 1 atom stereocenters. The Morgan fingerprint density at radius 2 is 2.57 bits per heavy atom. The predicted molar refractivity (Wildman–Crippen MR) is 50.8 cm³/mol. The van der Waals surface area contributed by atoms with Gasteiger partial charge in [0.05, 0.1) is 31.1 Å². The van der Waals surface area contributed by atoms with Crippen molar-refractivity contribution in [3.63, 3.8) is 0 Å². The minimum Gasteiger partial charge on any atom is -0.378 e. The molecule has 1 N–H and O–H groups in total. The van der Waals surface area contributed by atoms with Gasteiger partial charge in [0.15, 0.2) is 5.82 Å². The van der Waals surface area contributed by atoms with E-state index in [4.69, 9.17) is 4.74 Å². The molecule has 1 unspecified atom stereocenters. The Kier molecular flexibility index (Phi) is 3.00. The van der Waals surface area contributed by atoms with Gasteiger partial charge >= 0.3 is 0 Å². The fourth-order valence-electron chi connectivity index (χ4n) is 1.43. The summed E-state index contributed by atoms with van der Waals surface area (Å²) in [6.07, 6.45) is 2.51. The number of ether oxygens (including phenoxy) is 1. The van der Waals surface area contributed by atoms with Gasteiger partial charge in [-0.15, -0.1) is 5.10 Å². The SMILES string of the molecule is CCc1nncc(C2COCCN2)n1. The molecule has 1 aromatic rings. The molecule has 0 spiro atoms. The molecular formula is C9H14N4O. The largest absolute Gasteiger partial charge is 0.378 e. The number of nitrogens with one attached hydrogen (secondary N) is 1. The van der Waals surface area contributed by atoms with Gasteiger partial charge < -0.3 is 10.1 Å². The summed E-state index contributed by atoms with van der Waals surface area (Å²) in [5.41, 5.74) is 0.927. The summed E-state index contributed by atoms with van der Waals surface area (Å²) < 4.78 is 5.36. The van der Waals surface area contributed by atoms with E-state index in [2.05, 4.69) is 20.5 Å². The zero-order valence-corrected chi connectivity index (χ0v) is 8.23. The first kappa shape index (κ1) is 9.48. The van der Waals surface area contributed by atoms with Crippen LogP contribution in [0, 0.1) is 0 Å². The van der Waals surface area contributed by atoms with Crippen molar-refractivity contribution in [3.05, 3.63) is 17.7 Å². The first-order valence-electron chi connectivity index (χ1n) is 4.89. The minimum atomic E-state index is 0.171. The van der Waals surface area contributed by atoms with Gasteiger partial charge in [0, 0.05) is 13.0 Å². The average Bonchev–Trinajstić information content (AvgIpc) is 2.30. The van der Waals surface area contributed by atoms with Crippen molar-refractivity contribution < 1.29 is 4.74 Å². The Morgan fingerprint density at radius 1 is 1.64 bits per heavy atom. The smallest absolute Gasteiger partial charge is 0.150 e. The topological polar surface area (TPSA) is 59.9 Å². The quantitative estimate of drug-likeness (QED) is 0.723. The van der Waals surface area contributed by atoms with Gasteiger partial charge in [-0.1, -0.05) is 6.92 Å². The molecule has 0 radical (unpaired) electrons. The fourth-order valence-corrected chi connectivity index (χ4v) is 1.43. The molecule has 0 bridgehead atoms. The van der Waals surface area contributed by atoms with Crippen LogP contribution >= 0.6 is 0 Å². The lowest BCUT2D eigenvalue weighted by molar-refractivity contribution is 0.0753. The Balaban J connectivity index is 2.13. The van der Waals surface area contributed by atoms with Crippen LogP contribution < -0.4 is 5.32 Å². The Hall–Kier alpha value is -1.07. The predicted octanol–water partition coefficient (Wildman–Crippen LogP) is 0.0949. The number of rotatable bonds is 2. The molecule has 0 aromatic carbocycles. The lowest BCUT2D eigenvalue weighted by Gasteiger charge is -2.22. The van der Waals surface area contributed by atoms with Crippen molar-refractivity contribution in [2.24, 2.45) is 0 Å². The number of aromatic nitrogens is 3. The molecule has 0 amide bonds. The first-order chi connectivity index (χ1) is 6.90. The van der Waals surface area contributed by atoms with Crippen LogP contribution in [0.2, 0.25) is 0 Å². The lowest BCUT2D eigenvalue weighted by Crippen LogP contribution is -2.35. The van der Waals surface area contributed by atoms with Gasteiger partial charge in [-0.2, -0.15) is 5.10 Å². The summed E-state index contributed by atoms with van der Waals surface area (Å²) in [6.45, 7) is 4.33. The van der Waals surface area contributed by atoms with E-state index < -0.39 is 0 Å². The molecule has 0 saturated carbocycles. The van der Waals surface area contributed by atoms with E-state index in [-0.39, 0.29) is 6.04 Å². The Morgan fingerprint density at radius 3 is 3.29 bits per heavy atom. The van der Waals surface area contributed by atoms with Crippen LogP contribution in [0.3, 0.4) is 0 Å². The summed E-state index contributed by atoms with van der Waals surface area (Å²) >= 11 is 0. The van der Waals surface area contributed by atoms with Gasteiger partial charge in [-0.25, -0.2) is 4.98 Å². The van der Waals surface area contributed by atoms with Crippen molar-refractivity contribution >= 4 is 0 Å². The van der Waals surface area contributed by atoms with Gasteiger partial charge in [-0.3, -0.25) is 0 Å². The van der Waals surface area contributed by atoms with Crippen LogP contribution in [0.4, 0.5) is 0 Å². The third kappa shape index (κ3) is 2.05. The molecule has 1 aromatic heterocycles. The number of nitrogens with zero attached hydrogens (tertiary/aromatic N) is 3. The molecular weight excluding hydrogens is 180 g/mol. The normalized spacial score (nSPS) is 22.2. The van der Waals surface area contributed by atoms with Gasteiger partial charge in [-0.05, 0) is 0 Å². The molecule has 1 aliphatic rings. The van der Waals surface area contributed by atoms with Crippen LogP contribution in [-0.4, -0.2) is 34.9 Å². The number of aryl methyl sites for hydroxylation is 1. The molecule has 1 fully saturated rings. The fraction of sp³-hybridized carbons (Fsp3) is 0.667. The van der Waals surface area contributed by atoms with Crippen LogP contribution in [0.25, 0.3) is 0 Å². The summed E-state index contributed by atoms with van der Waals surface area (Å²) in [4.78, 5) is 4.40. The molecule has 76 valence electrons. The van der Waals surface area contributed by atoms with Gasteiger partial charge in [0.1, 0.15) is 0 Å². The summed E-state index contributed by atoms with van der Waals surface area (Å²) in [5, 5.41) is 11.2. The summed E-state index contributed by atoms with van der Waals surface area (Å²) in [7, 11) is 0. The number of morpholine rings is 1. The average molecular weight is 194 g/mol. The van der Waals surface area contributed by atoms with Crippen LogP contribution in [0.5, 0.6) is 0 Å². The number of hydrogen-bond donors (Lipinski definition) is 1. The van der Waals surface area contributed by atoms with E-state index in [1.807, 2.05) is 6.92 Å². The van der Waals surface area contributed by atoms with Crippen LogP contribution in [0.1, 0.15) is 24.5 Å². The molecule has 1 aliphatic heterocycles. The van der Waals surface area contributed by atoms with E-state index in [1.165, 1.54) is 0 Å². The minimum absolute atomic E-state index is 0.171. The van der Waals surface area contributed by atoms with Crippen molar-refractivity contribution in [1.82, 2.24) is 20.5 Å². The third-order valence-corrected chi connectivity index (χ3v) is 2.22. The molecule has 5 nitrogen and oxygen atoms in total. The van der Waals surface area contributed by atoms with E-state index in [9.17, 15) is 0 Å². The molecule has 2 rings (SSSR count). The standard InChI is InChI=1S/C9H14N4O/c1-2-9-12-7(5-11-13-9)8-6-14-4-3-10-8/h5,8,10H,2-4,6H2,1H3. The van der Waals surface area contributed by atoms with Crippen LogP contribution in [-0.2, 0) is 11.2 Å². The lowest BCUT2D eigenvalue weighted by atomic mass is 10.2. The maximum atomic E-state index is 5.36. The molecule has 14 heavy (non-hydrogen) atoms. The first-order valence-corrected chi connectivity index (χ1v) is 4.89. The summed E-state index contributed by atoms with van der Waals surface area (Å²) in [6, 6.07) is 0.171.